The van der Waals surface area contributed by atoms with Gasteiger partial charge in [-0.3, -0.25) is 9.59 Å². The van der Waals surface area contributed by atoms with Gasteiger partial charge in [-0.1, -0.05) is 32.6 Å². The third kappa shape index (κ3) is 6.97. The van der Waals surface area contributed by atoms with Crippen molar-refractivity contribution in [2.24, 2.45) is 5.41 Å². The van der Waals surface area contributed by atoms with Crippen molar-refractivity contribution in [3.05, 3.63) is 0 Å². The summed E-state index contributed by atoms with van der Waals surface area (Å²) < 4.78 is 0. The molecule has 1 atom stereocenters. The maximum Gasteiger partial charge on any atom is 0.309 e. The molecule has 0 heterocycles. The van der Waals surface area contributed by atoms with Crippen molar-refractivity contribution in [1.29, 1.82) is 0 Å². The second-order valence-corrected chi connectivity index (χ2v) is 4.92. The topological polar surface area (TPSA) is 74.6 Å². The molecule has 0 saturated carbocycles. The zero-order chi connectivity index (χ0) is 13.3. The first-order chi connectivity index (χ1) is 7.92. The van der Waals surface area contributed by atoms with E-state index in [9.17, 15) is 14.7 Å². The lowest BCUT2D eigenvalue weighted by molar-refractivity contribution is -0.149. The fourth-order valence-electron chi connectivity index (χ4n) is 1.87. The van der Waals surface area contributed by atoms with E-state index in [1.54, 1.807) is 6.92 Å². The van der Waals surface area contributed by atoms with E-state index in [4.69, 9.17) is 5.11 Å². The number of carbonyl (C=O) groups is 2. The average molecular weight is 244 g/mol. The predicted molar refractivity (Wildman–Crippen MR) is 66.0 cm³/mol. The first-order valence-corrected chi connectivity index (χ1v) is 6.37. The van der Waals surface area contributed by atoms with E-state index in [0.29, 0.717) is 19.3 Å². The van der Waals surface area contributed by atoms with Crippen LogP contribution >= 0.6 is 0 Å². The summed E-state index contributed by atoms with van der Waals surface area (Å²) in [5, 5.41) is 17.7. The minimum atomic E-state index is -0.781. The number of carboxylic acids is 2. The van der Waals surface area contributed by atoms with Gasteiger partial charge in [0.15, 0.2) is 0 Å². The maximum atomic E-state index is 11.2. The molecule has 0 aromatic rings. The second kappa shape index (κ2) is 8.09. The monoisotopic (exact) mass is 244 g/mol. The minimum absolute atomic E-state index is 0.179. The van der Waals surface area contributed by atoms with Crippen LogP contribution in [0.3, 0.4) is 0 Å². The van der Waals surface area contributed by atoms with Gasteiger partial charge in [0.05, 0.1) is 5.41 Å². The summed E-state index contributed by atoms with van der Waals surface area (Å²) in [6.45, 7) is 3.84. The van der Waals surface area contributed by atoms with Crippen LogP contribution in [0.1, 0.15) is 65.2 Å². The normalized spacial score (nSPS) is 14.2. The van der Waals surface area contributed by atoms with Crippen LogP contribution in [0.5, 0.6) is 0 Å². The molecule has 0 aromatic heterocycles. The number of hydrogen-bond acceptors (Lipinski definition) is 2. The largest absolute Gasteiger partial charge is 0.481 e. The summed E-state index contributed by atoms with van der Waals surface area (Å²) in [4.78, 5) is 21.5. The van der Waals surface area contributed by atoms with Crippen LogP contribution in [0.25, 0.3) is 0 Å². The van der Waals surface area contributed by atoms with E-state index in [-0.39, 0.29) is 6.42 Å². The number of hydrogen-bond donors (Lipinski definition) is 2. The highest BCUT2D eigenvalue weighted by Gasteiger charge is 2.31. The van der Waals surface area contributed by atoms with E-state index < -0.39 is 17.4 Å². The molecule has 0 aliphatic carbocycles. The first kappa shape index (κ1) is 15.9. The summed E-state index contributed by atoms with van der Waals surface area (Å²) in [7, 11) is 0. The smallest absolute Gasteiger partial charge is 0.309 e. The third-order valence-corrected chi connectivity index (χ3v) is 3.22. The van der Waals surface area contributed by atoms with Gasteiger partial charge in [-0.05, 0) is 26.2 Å². The van der Waals surface area contributed by atoms with Crippen molar-refractivity contribution in [1.82, 2.24) is 0 Å². The minimum Gasteiger partial charge on any atom is -0.481 e. The highest BCUT2D eigenvalue weighted by Crippen LogP contribution is 2.31. The molecule has 0 aliphatic heterocycles. The van der Waals surface area contributed by atoms with Gasteiger partial charge in [0.2, 0.25) is 0 Å². The Morgan fingerprint density at radius 2 is 1.59 bits per heavy atom. The zero-order valence-electron chi connectivity index (χ0n) is 10.9. The van der Waals surface area contributed by atoms with E-state index in [1.165, 1.54) is 0 Å². The molecular weight excluding hydrogens is 220 g/mol. The zero-order valence-corrected chi connectivity index (χ0v) is 10.9. The molecule has 0 bridgehead atoms. The molecule has 0 rings (SSSR count). The first-order valence-electron chi connectivity index (χ1n) is 6.37. The number of unbranched alkanes of at least 4 members (excludes halogenated alkanes) is 3. The molecule has 4 heteroatoms. The van der Waals surface area contributed by atoms with Gasteiger partial charge in [0, 0.05) is 6.42 Å². The van der Waals surface area contributed by atoms with Crippen LogP contribution in [0.15, 0.2) is 0 Å². The SMILES string of the molecule is CCCCC(C)(CCCCCC(=O)O)C(=O)O. The van der Waals surface area contributed by atoms with Crippen molar-refractivity contribution in [3.8, 4) is 0 Å². The molecular formula is C13H24O4. The Labute approximate surface area is 103 Å². The van der Waals surface area contributed by atoms with Gasteiger partial charge in [-0.25, -0.2) is 0 Å². The van der Waals surface area contributed by atoms with Crippen LogP contribution in [0.2, 0.25) is 0 Å². The second-order valence-electron chi connectivity index (χ2n) is 4.92. The summed E-state index contributed by atoms with van der Waals surface area (Å²) in [6.07, 6.45) is 5.68. The van der Waals surface area contributed by atoms with Gasteiger partial charge >= 0.3 is 11.9 Å². The molecule has 17 heavy (non-hydrogen) atoms. The molecule has 0 aliphatic rings. The Bertz CT molecular complexity index is 250. The van der Waals surface area contributed by atoms with Crippen LogP contribution < -0.4 is 0 Å². The standard InChI is InChI=1S/C13H24O4/c1-3-4-9-13(2,12(16)17)10-7-5-6-8-11(14)15/h3-10H2,1-2H3,(H,14,15)(H,16,17). The summed E-state index contributed by atoms with van der Waals surface area (Å²) in [5.74, 6) is -1.51. The quantitative estimate of drug-likeness (QED) is 0.578. The van der Waals surface area contributed by atoms with E-state index in [2.05, 4.69) is 6.92 Å². The van der Waals surface area contributed by atoms with Gasteiger partial charge < -0.3 is 10.2 Å². The molecule has 2 N–H and O–H groups in total. The lowest BCUT2D eigenvalue weighted by atomic mass is 9.80. The van der Waals surface area contributed by atoms with Crippen molar-refractivity contribution < 1.29 is 19.8 Å². The maximum absolute atomic E-state index is 11.2. The number of aliphatic carboxylic acids is 2. The summed E-state index contributed by atoms with van der Waals surface area (Å²) >= 11 is 0. The molecule has 0 spiro atoms. The molecule has 100 valence electrons. The van der Waals surface area contributed by atoms with Crippen molar-refractivity contribution >= 4 is 11.9 Å². The van der Waals surface area contributed by atoms with E-state index in [0.717, 1.165) is 25.7 Å². The van der Waals surface area contributed by atoms with Crippen LogP contribution in [0, 0.1) is 5.41 Å². The van der Waals surface area contributed by atoms with Crippen LogP contribution in [-0.2, 0) is 9.59 Å². The fourth-order valence-corrected chi connectivity index (χ4v) is 1.87. The van der Waals surface area contributed by atoms with Gasteiger partial charge in [-0.2, -0.15) is 0 Å². The highest BCUT2D eigenvalue weighted by molar-refractivity contribution is 5.74. The van der Waals surface area contributed by atoms with Crippen LogP contribution in [0.4, 0.5) is 0 Å². The number of carboxylic acid groups (broad SMARTS) is 2. The fraction of sp³-hybridized carbons (Fsp3) is 0.846. The lowest BCUT2D eigenvalue weighted by Crippen LogP contribution is -2.27. The van der Waals surface area contributed by atoms with Crippen molar-refractivity contribution in [2.45, 2.75) is 65.2 Å². The molecule has 1 unspecified atom stereocenters. The molecule has 0 aromatic carbocycles. The van der Waals surface area contributed by atoms with E-state index in [1.807, 2.05) is 0 Å². The van der Waals surface area contributed by atoms with Crippen molar-refractivity contribution in [3.63, 3.8) is 0 Å². The van der Waals surface area contributed by atoms with Gasteiger partial charge in [0.25, 0.3) is 0 Å². The Morgan fingerprint density at radius 3 is 2.06 bits per heavy atom. The van der Waals surface area contributed by atoms with Gasteiger partial charge in [-0.15, -0.1) is 0 Å². The van der Waals surface area contributed by atoms with Crippen LogP contribution in [-0.4, -0.2) is 22.2 Å². The average Bonchev–Trinajstić information content (AvgIpc) is 2.25. The third-order valence-electron chi connectivity index (χ3n) is 3.22. The Kier molecular flexibility index (Phi) is 7.59. The highest BCUT2D eigenvalue weighted by atomic mass is 16.4. The van der Waals surface area contributed by atoms with Gasteiger partial charge in [0.1, 0.15) is 0 Å². The summed E-state index contributed by atoms with van der Waals surface area (Å²) in [5.41, 5.74) is -0.640. The molecule has 0 radical (unpaired) electrons. The Morgan fingerprint density at radius 1 is 1.00 bits per heavy atom. The Hall–Kier alpha value is -1.06. The lowest BCUT2D eigenvalue weighted by Gasteiger charge is -2.24. The molecule has 0 amide bonds. The molecule has 0 saturated heterocycles. The van der Waals surface area contributed by atoms with Crippen molar-refractivity contribution in [2.75, 3.05) is 0 Å². The molecule has 0 fully saturated rings. The Balaban J connectivity index is 3.92. The predicted octanol–water partition coefficient (Wildman–Crippen LogP) is 3.30. The summed E-state index contributed by atoms with van der Waals surface area (Å²) in [6, 6.07) is 0. The number of rotatable bonds is 10. The van der Waals surface area contributed by atoms with E-state index >= 15 is 0 Å². The molecule has 4 nitrogen and oxygen atoms in total.